The molecule has 7 nitrogen and oxygen atoms in total. The van der Waals surface area contributed by atoms with Gasteiger partial charge in [-0.15, -0.1) is 0 Å². The van der Waals surface area contributed by atoms with E-state index in [4.69, 9.17) is 4.52 Å². The van der Waals surface area contributed by atoms with Gasteiger partial charge in [0.1, 0.15) is 5.76 Å². The van der Waals surface area contributed by atoms with Crippen LogP contribution in [0.2, 0.25) is 0 Å². The molecule has 1 unspecified atom stereocenters. The molecule has 0 aromatic carbocycles. The molecule has 0 saturated carbocycles. The van der Waals surface area contributed by atoms with Gasteiger partial charge in [0.05, 0.1) is 11.4 Å². The highest BCUT2D eigenvalue weighted by Gasteiger charge is 2.22. The number of fused-ring (bicyclic) bond motifs is 1. The predicted molar refractivity (Wildman–Crippen MR) is 95.4 cm³/mol. The van der Waals surface area contributed by atoms with E-state index < -0.39 is 10.0 Å². The van der Waals surface area contributed by atoms with E-state index in [1.54, 1.807) is 6.92 Å². The lowest BCUT2D eigenvalue weighted by Gasteiger charge is -2.23. The number of nitrogens with zero attached hydrogens (tertiary/aromatic N) is 3. The molecular formula is C17H26N4O3S. The van der Waals surface area contributed by atoms with E-state index in [1.807, 2.05) is 13.0 Å². The van der Waals surface area contributed by atoms with Crippen LogP contribution >= 0.6 is 0 Å². The van der Waals surface area contributed by atoms with Crippen molar-refractivity contribution in [2.75, 3.05) is 18.8 Å². The summed E-state index contributed by atoms with van der Waals surface area (Å²) in [6.07, 6.45) is 2.91. The van der Waals surface area contributed by atoms with E-state index in [2.05, 4.69) is 37.7 Å². The Kier molecular flexibility index (Phi) is 5.61. The molecule has 8 heteroatoms. The second kappa shape index (κ2) is 7.72. The van der Waals surface area contributed by atoms with Crippen LogP contribution in [0.1, 0.15) is 30.5 Å². The Balaban J connectivity index is 1.66. The molecule has 3 heterocycles. The number of aromatic nitrogens is 2. The molecule has 2 aromatic rings. The second-order valence-electron chi connectivity index (χ2n) is 6.70. The minimum atomic E-state index is -3.13. The summed E-state index contributed by atoms with van der Waals surface area (Å²) in [7, 11) is -3.13. The van der Waals surface area contributed by atoms with Gasteiger partial charge < -0.3 is 9.09 Å². The predicted octanol–water partition coefficient (Wildman–Crippen LogP) is 1.75. The van der Waals surface area contributed by atoms with Crippen molar-refractivity contribution in [2.24, 2.45) is 5.92 Å². The first kappa shape index (κ1) is 18.2. The van der Waals surface area contributed by atoms with Crippen molar-refractivity contribution in [3.63, 3.8) is 0 Å². The zero-order valence-electron chi connectivity index (χ0n) is 14.8. The number of hydrogen-bond acceptors (Lipinski definition) is 5. The van der Waals surface area contributed by atoms with Gasteiger partial charge in [-0.3, -0.25) is 4.90 Å². The van der Waals surface area contributed by atoms with E-state index in [1.165, 1.54) is 5.69 Å². The molecule has 138 valence electrons. The molecule has 1 N–H and O–H groups in total. The third-order valence-corrected chi connectivity index (χ3v) is 6.00. The molecule has 2 aromatic heterocycles. The molecule has 0 spiro atoms. The number of hydrogen-bond donors (Lipinski definition) is 1. The maximum absolute atomic E-state index is 11.6. The maximum Gasteiger partial charge on any atom is 0.211 e. The SMILES string of the molecule is CCS(=O)(=O)NCCC1CN(Cc2cc(C)on2)Cc2cccn2C1. The average Bonchev–Trinajstić information content (AvgIpc) is 3.12. The summed E-state index contributed by atoms with van der Waals surface area (Å²) in [6.45, 7) is 7.44. The van der Waals surface area contributed by atoms with Crippen LogP contribution in [0.3, 0.4) is 0 Å². The minimum Gasteiger partial charge on any atom is -0.361 e. The Bertz CT molecular complexity index is 796. The van der Waals surface area contributed by atoms with E-state index in [-0.39, 0.29) is 5.75 Å². The molecule has 25 heavy (non-hydrogen) atoms. The van der Waals surface area contributed by atoms with E-state index in [9.17, 15) is 8.42 Å². The van der Waals surface area contributed by atoms with Gasteiger partial charge in [-0.25, -0.2) is 13.1 Å². The van der Waals surface area contributed by atoms with Crippen LogP contribution in [-0.2, 0) is 29.7 Å². The van der Waals surface area contributed by atoms with Gasteiger partial charge in [-0.1, -0.05) is 5.16 Å². The fraction of sp³-hybridized carbons (Fsp3) is 0.588. The maximum atomic E-state index is 11.6. The Hall–Kier alpha value is -1.64. The second-order valence-corrected chi connectivity index (χ2v) is 8.80. The lowest BCUT2D eigenvalue weighted by Crippen LogP contribution is -2.32. The molecule has 0 radical (unpaired) electrons. The van der Waals surface area contributed by atoms with Crippen molar-refractivity contribution in [3.05, 3.63) is 41.5 Å². The van der Waals surface area contributed by atoms with Gasteiger partial charge in [0.2, 0.25) is 10.0 Å². The molecule has 3 rings (SSSR count). The van der Waals surface area contributed by atoms with Gasteiger partial charge in [-0.05, 0) is 38.3 Å². The Morgan fingerprint density at radius 3 is 2.96 bits per heavy atom. The summed E-state index contributed by atoms with van der Waals surface area (Å²) >= 11 is 0. The van der Waals surface area contributed by atoms with Crippen LogP contribution in [0, 0.1) is 12.8 Å². The fourth-order valence-corrected chi connectivity index (χ4v) is 3.94. The summed E-state index contributed by atoms with van der Waals surface area (Å²) in [6, 6.07) is 6.17. The average molecular weight is 366 g/mol. The molecule has 1 aliphatic heterocycles. The smallest absolute Gasteiger partial charge is 0.211 e. The van der Waals surface area contributed by atoms with Crippen LogP contribution in [0.5, 0.6) is 0 Å². The molecule has 1 atom stereocenters. The lowest BCUT2D eigenvalue weighted by atomic mass is 10.1. The monoisotopic (exact) mass is 366 g/mol. The highest BCUT2D eigenvalue weighted by atomic mass is 32.2. The van der Waals surface area contributed by atoms with Gasteiger partial charge >= 0.3 is 0 Å². The normalized spacial score (nSPS) is 18.9. The van der Waals surface area contributed by atoms with Gasteiger partial charge in [0.15, 0.2) is 0 Å². The summed E-state index contributed by atoms with van der Waals surface area (Å²) < 4.78 is 33.4. The lowest BCUT2D eigenvalue weighted by molar-refractivity contribution is 0.210. The summed E-state index contributed by atoms with van der Waals surface area (Å²) in [5.41, 5.74) is 2.21. The Morgan fingerprint density at radius 1 is 1.40 bits per heavy atom. The first-order chi connectivity index (χ1) is 11.9. The van der Waals surface area contributed by atoms with Crippen molar-refractivity contribution in [2.45, 2.75) is 39.9 Å². The third kappa shape index (κ3) is 4.93. The van der Waals surface area contributed by atoms with Gasteiger partial charge in [-0.2, -0.15) is 0 Å². The highest BCUT2D eigenvalue weighted by Crippen LogP contribution is 2.21. The van der Waals surface area contributed by atoms with E-state index in [0.717, 1.165) is 44.1 Å². The van der Waals surface area contributed by atoms with Crippen molar-refractivity contribution in [1.82, 2.24) is 19.3 Å². The Labute approximate surface area is 149 Å². The quantitative estimate of drug-likeness (QED) is 0.807. The number of nitrogens with one attached hydrogen (secondary N) is 1. The van der Waals surface area contributed by atoms with Crippen LogP contribution in [0.25, 0.3) is 0 Å². The number of aryl methyl sites for hydroxylation is 1. The Morgan fingerprint density at radius 2 is 2.24 bits per heavy atom. The van der Waals surface area contributed by atoms with E-state index in [0.29, 0.717) is 12.5 Å². The molecule has 0 amide bonds. The first-order valence-electron chi connectivity index (χ1n) is 8.71. The topological polar surface area (TPSA) is 80.4 Å². The van der Waals surface area contributed by atoms with Crippen molar-refractivity contribution in [1.29, 1.82) is 0 Å². The molecule has 0 fully saturated rings. The van der Waals surface area contributed by atoms with Crippen molar-refractivity contribution >= 4 is 10.0 Å². The van der Waals surface area contributed by atoms with Crippen molar-refractivity contribution < 1.29 is 12.9 Å². The van der Waals surface area contributed by atoms with Crippen LogP contribution in [0.4, 0.5) is 0 Å². The van der Waals surface area contributed by atoms with Crippen LogP contribution in [-0.4, -0.2) is 41.9 Å². The highest BCUT2D eigenvalue weighted by molar-refractivity contribution is 7.89. The van der Waals surface area contributed by atoms with Crippen LogP contribution < -0.4 is 4.72 Å². The summed E-state index contributed by atoms with van der Waals surface area (Å²) in [5, 5.41) is 4.10. The fourth-order valence-electron chi connectivity index (χ4n) is 3.31. The zero-order valence-corrected chi connectivity index (χ0v) is 15.6. The number of rotatable bonds is 7. The first-order valence-corrected chi connectivity index (χ1v) is 10.4. The third-order valence-electron chi connectivity index (χ3n) is 4.60. The molecule has 1 aliphatic rings. The van der Waals surface area contributed by atoms with Crippen LogP contribution in [0.15, 0.2) is 28.9 Å². The largest absolute Gasteiger partial charge is 0.361 e. The van der Waals surface area contributed by atoms with Gasteiger partial charge in [0.25, 0.3) is 0 Å². The van der Waals surface area contributed by atoms with Gasteiger partial charge in [0, 0.05) is 50.7 Å². The summed E-state index contributed by atoms with van der Waals surface area (Å²) in [5.74, 6) is 1.32. The molecule has 0 aliphatic carbocycles. The minimum absolute atomic E-state index is 0.122. The van der Waals surface area contributed by atoms with E-state index >= 15 is 0 Å². The molecular weight excluding hydrogens is 340 g/mol. The van der Waals surface area contributed by atoms with Crippen molar-refractivity contribution in [3.8, 4) is 0 Å². The number of sulfonamides is 1. The zero-order chi connectivity index (χ0) is 17.9. The molecule has 0 bridgehead atoms. The summed E-state index contributed by atoms with van der Waals surface area (Å²) in [4.78, 5) is 2.36. The standard InChI is InChI=1S/C17H26N4O3S/c1-3-25(22,23)18-7-6-15-10-20(12-16-9-14(2)24-19-16)13-17-5-4-8-21(17)11-15/h4-5,8-9,15,18H,3,6-7,10-13H2,1-2H3. The molecule has 0 saturated heterocycles.